The fourth-order valence-electron chi connectivity index (χ4n) is 3.16. The van der Waals surface area contributed by atoms with E-state index >= 15 is 0 Å². The molecule has 5 heteroatoms. The molecule has 0 bridgehead atoms. The van der Waals surface area contributed by atoms with E-state index in [4.69, 9.17) is 0 Å². The molecule has 134 valence electrons. The van der Waals surface area contributed by atoms with Crippen molar-refractivity contribution in [2.75, 3.05) is 22.7 Å². The zero-order chi connectivity index (χ0) is 17.9. The van der Waals surface area contributed by atoms with Gasteiger partial charge in [-0.2, -0.15) is 0 Å². The predicted molar refractivity (Wildman–Crippen MR) is 104 cm³/mol. The maximum Gasteiger partial charge on any atom is 0.261 e. The topological polar surface area (TPSA) is 49.4 Å². The molecule has 1 N–H and O–H groups in total. The zero-order valence-electron chi connectivity index (χ0n) is 15.0. The molecule has 2 aromatic rings. The third kappa shape index (κ3) is 4.34. The van der Waals surface area contributed by atoms with Crippen LogP contribution in [0.5, 0.6) is 0 Å². The van der Waals surface area contributed by atoms with Crippen LogP contribution in [0.15, 0.2) is 47.4 Å². The van der Waals surface area contributed by atoms with E-state index in [0.29, 0.717) is 10.6 Å². The van der Waals surface area contributed by atoms with Gasteiger partial charge in [0, 0.05) is 24.5 Å². The summed E-state index contributed by atoms with van der Waals surface area (Å²) in [5.41, 5.74) is 3.81. The third-order valence-corrected chi connectivity index (χ3v) is 6.26. The summed E-state index contributed by atoms with van der Waals surface area (Å²) < 4.78 is 27.8. The summed E-state index contributed by atoms with van der Waals surface area (Å²) in [7, 11) is -3.56. The minimum Gasteiger partial charge on any atom is -0.372 e. The van der Waals surface area contributed by atoms with Gasteiger partial charge < -0.3 is 4.90 Å². The van der Waals surface area contributed by atoms with E-state index in [9.17, 15) is 8.42 Å². The monoisotopic (exact) mass is 358 g/mol. The Morgan fingerprint density at radius 1 is 0.840 bits per heavy atom. The quantitative estimate of drug-likeness (QED) is 0.876. The first kappa shape index (κ1) is 17.8. The van der Waals surface area contributed by atoms with E-state index < -0.39 is 10.0 Å². The number of rotatable bonds is 4. The molecule has 2 aromatic carbocycles. The number of benzene rings is 2. The highest BCUT2D eigenvalue weighted by Crippen LogP contribution is 2.23. The second-order valence-electron chi connectivity index (χ2n) is 6.80. The van der Waals surface area contributed by atoms with Crippen LogP contribution in [-0.4, -0.2) is 21.5 Å². The van der Waals surface area contributed by atoms with Crippen molar-refractivity contribution in [3.8, 4) is 0 Å². The molecular weight excluding hydrogens is 332 g/mol. The molecule has 0 radical (unpaired) electrons. The lowest BCUT2D eigenvalue weighted by molar-refractivity contribution is 0.601. The first-order chi connectivity index (χ1) is 12.0. The fourth-order valence-corrected chi connectivity index (χ4v) is 4.31. The normalized spacial score (nSPS) is 15.7. The molecule has 1 saturated heterocycles. The molecule has 1 heterocycles. The summed E-state index contributed by atoms with van der Waals surface area (Å²) in [6, 6.07) is 12.9. The van der Waals surface area contributed by atoms with Crippen LogP contribution in [0.25, 0.3) is 0 Å². The van der Waals surface area contributed by atoms with Gasteiger partial charge in [0.2, 0.25) is 0 Å². The molecule has 1 aliphatic heterocycles. The van der Waals surface area contributed by atoms with Crippen molar-refractivity contribution in [1.29, 1.82) is 0 Å². The van der Waals surface area contributed by atoms with Crippen LogP contribution in [0.2, 0.25) is 0 Å². The van der Waals surface area contributed by atoms with Crippen LogP contribution < -0.4 is 9.62 Å². The Bertz CT molecular complexity index is 821. The second kappa shape index (κ2) is 7.48. The van der Waals surface area contributed by atoms with Gasteiger partial charge in [0.15, 0.2) is 0 Å². The first-order valence-electron chi connectivity index (χ1n) is 8.91. The van der Waals surface area contributed by atoms with E-state index in [0.717, 1.165) is 29.9 Å². The summed E-state index contributed by atoms with van der Waals surface area (Å²) in [5, 5.41) is 0. The number of anilines is 2. The van der Waals surface area contributed by atoms with Crippen molar-refractivity contribution < 1.29 is 8.42 Å². The Kier molecular flexibility index (Phi) is 5.33. The van der Waals surface area contributed by atoms with Crippen LogP contribution in [0.3, 0.4) is 0 Å². The largest absolute Gasteiger partial charge is 0.372 e. The molecule has 4 nitrogen and oxygen atoms in total. The zero-order valence-corrected chi connectivity index (χ0v) is 15.8. The molecule has 1 fully saturated rings. The number of aryl methyl sites for hydroxylation is 2. The summed E-state index contributed by atoms with van der Waals surface area (Å²) in [5.74, 6) is 0. The lowest BCUT2D eigenvalue weighted by atomic mass is 10.1. The van der Waals surface area contributed by atoms with Gasteiger partial charge in [-0.05, 0) is 74.2 Å². The lowest BCUT2D eigenvalue weighted by Gasteiger charge is -2.22. The Morgan fingerprint density at radius 2 is 1.48 bits per heavy atom. The van der Waals surface area contributed by atoms with Gasteiger partial charge in [0.1, 0.15) is 0 Å². The van der Waals surface area contributed by atoms with Crippen LogP contribution >= 0.6 is 0 Å². The Morgan fingerprint density at radius 3 is 2.08 bits per heavy atom. The molecule has 0 aliphatic carbocycles. The van der Waals surface area contributed by atoms with Crippen molar-refractivity contribution in [3.05, 3.63) is 53.6 Å². The van der Waals surface area contributed by atoms with Crippen molar-refractivity contribution in [1.82, 2.24) is 0 Å². The van der Waals surface area contributed by atoms with Crippen molar-refractivity contribution in [2.24, 2.45) is 0 Å². The van der Waals surface area contributed by atoms with Crippen molar-refractivity contribution in [3.63, 3.8) is 0 Å². The summed E-state index contributed by atoms with van der Waals surface area (Å²) in [4.78, 5) is 2.68. The summed E-state index contributed by atoms with van der Waals surface area (Å²) in [6.45, 7) is 6.05. The van der Waals surface area contributed by atoms with E-state index in [1.54, 1.807) is 12.1 Å². The molecular formula is C20H26N2O2S. The molecule has 3 rings (SSSR count). The first-order valence-corrected chi connectivity index (χ1v) is 10.4. The molecule has 0 atom stereocenters. The van der Waals surface area contributed by atoms with E-state index in [1.807, 2.05) is 44.2 Å². The Balaban J connectivity index is 1.74. The molecule has 0 amide bonds. The smallest absolute Gasteiger partial charge is 0.261 e. The summed E-state index contributed by atoms with van der Waals surface area (Å²) in [6.07, 6.45) is 5.04. The number of hydrogen-bond donors (Lipinski definition) is 1. The van der Waals surface area contributed by atoms with E-state index in [2.05, 4.69) is 9.62 Å². The highest BCUT2D eigenvalue weighted by Gasteiger charge is 2.15. The SMILES string of the molecule is Cc1ccc(S(=O)(=O)Nc2ccc(N3CCCCCC3)cc2)cc1C. The number of nitrogens with zero attached hydrogens (tertiary/aromatic N) is 1. The lowest BCUT2D eigenvalue weighted by Crippen LogP contribution is -2.23. The molecule has 0 saturated carbocycles. The van der Waals surface area contributed by atoms with E-state index in [1.165, 1.54) is 25.7 Å². The molecule has 25 heavy (non-hydrogen) atoms. The maximum atomic E-state index is 12.6. The number of hydrogen-bond acceptors (Lipinski definition) is 3. The minimum absolute atomic E-state index is 0.298. The predicted octanol–water partition coefficient (Wildman–Crippen LogP) is 4.48. The van der Waals surface area contributed by atoms with Gasteiger partial charge in [-0.3, -0.25) is 4.72 Å². The molecule has 0 unspecified atom stereocenters. The van der Waals surface area contributed by atoms with Gasteiger partial charge >= 0.3 is 0 Å². The molecule has 0 spiro atoms. The molecule has 0 aromatic heterocycles. The van der Waals surface area contributed by atoms with E-state index in [-0.39, 0.29) is 0 Å². The van der Waals surface area contributed by atoms with Gasteiger partial charge in [-0.25, -0.2) is 8.42 Å². The van der Waals surface area contributed by atoms with Gasteiger partial charge in [0.05, 0.1) is 4.90 Å². The second-order valence-corrected chi connectivity index (χ2v) is 8.48. The maximum absolute atomic E-state index is 12.6. The highest BCUT2D eigenvalue weighted by atomic mass is 32.2. The van der Waals surface area contributed by atoms with Crippen molar-refractivity contribution in [2.45, 2.75) is 44.4 Å². The minimum atomic E-state index is -3.56. The van der Waals surface area contributed by atoms with Crippen LogP contribution in [0, 0.1) is 13.8 Å². The summed E-state index contributed by atoms with van der Waals surface area (Å²) >= 11 is 0. The average Bonchev–Trinajstić information content (AvgIpc) is 2.87. The Labute approximate surface area is 150 Å². The van der Waals surface area contributed by atoms with Gasteiger partial charge in [0.25, 0.3) is 10.0 Å². The number of sulfonamides is 1. The van der Waals surface area contributed by atoms with Crippen LogP contribution in [0.4, 0.5) is 11.4 Å². The molecule has 1 aliphatic rings. The van der Waals surface area contributed by atoms with Crippen LogP contribution in [0.1, 0.15) is 36.8 Å². The Hall–Kier alpha value is -2.01. The highest BCUT2D eigenvalue weighted by molar-refractivity contribution is 7.92. The van der Waals surface area contributed by atoms with Gasteiger partial charge in [-0.15, -0.1) is 0 Å². The van der Waals surface area contributed by atoms with Crippen molar-refractivity contribution >= 4 is 21.4 Å². The number of nitrogens with one attached hydrogen (secondary N) is 1. The average molecular weight is 359 g/mol. The van der Waals surface area contributed by atoms with Gasteiger partial charge in [-0.1, -0.05) is 18.9 Å². The standard InChI is InChI=1S/C20H26N2O2S/c1-16-7-12-20(15-17(16)2)25(23,24)21-18-8-10-19(11-9-18)22-13-5-3-4-6-14-22/h7-12,15,21H,3-6,13-14H2,1-2H3. The third-order valence-electron chi connectivity index (χ3n) is 4.88. The van der Waals surface area contributed by atoms with Crippen LogP contribution in [-0.2, 0) is 10.0 Å². The fraction of sp³-hybridized carbons (Fsp3) is 0.400.